The van der Waals surface area contributed by atoms with Crippen LogP contribution in [-0.2, 0) is 22.7 Å². The van der Waals surface area contributed by atoms with Crippen molar-refractivity contribution in [3.8, 4) is 0 Å². The highest BCUT2D eigenvalue weighted by molar-refractivity contribution is 5.92. The van der Waals surface area contributed by atoms with Gasteiger partial charge in [-0.25, -0.2) is 4.79 Å². The lowest BCUT2D eigenvalue weighted by Gasteiger charge is -2.11. The highest BCUT2D eigenvalue weighted by Gasteiger charge is 2.10. The molecule has 0 spiro atoms. The molecule has 0 unspecified atom stereocenters. The van der Waals surface area contributed by atoms with Gasteiger partial charge >= 0.3 is 5.76 Å². The molecule has 1 aromatic heterocycles. The van der Waals surface area contributed by atoms with Gasteiger partial charge in [0.05, 0.1) is 12.1 Å². The molecular weight excluding hydrogens is 372 g/mol. The molecule has 3 aromatic rings. The van der Waals surface area contributed by atoms with Crippen molar-refractivity contribution in [3.63, 3.8) is 0 Å². The van der Waals surface area contributed by atoms with Crippen molar-refractivity contribution >= 4 is 28.6 Å². The first-order valence-corrected chi connectivity index (χ1v) is 9.31. The SMILES string of the molecule is CN(C)CC(=O)Nc1cccc(CNC(=O)CCn2c(=O)oc3ccccc32)c1. The number of aromatic nitrogens is 1. The Morgan fingerprint density at radius 1 is 1.07 bits per heavy atom. The van der Waals surface area contributed by atoms with E-state index in [1.165, 1.54) is 4.57 Å². The van der Waals surface area contributed by atoms with Crippen molar-refractivity contribution in [2.24, 2.45) is 0 Å². The van der Waals surface area contributed by atoms with Crippen LogP contribution in [0.25, 0.3) is 11.1 Å². The Hall–Kier alpha value is -3.39. The minimum Gasteiger partial charge on any atom is -0.408 e. The van der Waals surface area contributed by atoms with Crippen molar-refractivity contribution in [1.82, 2.24) is 14.8 Å². The van der Waals surface area contributed by atoms with Gasteiger partial charge in [-0.05, 0) is 43.9 Å². The molecule has 2 N–H and O–H groups in total. The van der Waals surface area contributed by atoms with Gasteiger partial charge in [0.15, 0.2) is 5.58 Å². The lowest BCUT2D eigenvalue weighted by Crippen LogP contribution is -2.27. The van der Waals surface area contributed by atoms with Gasteiger partial charge in [-0.1, -0.05) is 24.3 Å². The molecular formula is C21H24N4O4. The van der Waals surface area contributed by atoms with Crippen molar-refractivity contribution < 1.29 is 14.0 Å². The van der Waals surface area contributed by atoms with Gasteiger partial charge in [0, 0.05) is 25.2 Å². The molecule has 0 aliphatic carbocycles. The van der Waals surface area contributed by atoms with Crippen LogP contribution in [0.1, 0.15) is 12.0 Å². The number of anilines is 1. The molecule has 0 radical (unpaired) electrons. The number of likely N-dealkylation sites (N-methyl/N-ethyl adjacent to an activating group) is 1. The first-order chi connectivity index (χ1) is 13.9. The van der Waals surface area contributed by atoms with E-state index in [1.807, 2.05) is 38.4 Å². The number of carbonyl (C=O) groups is 2. The number of hydrogen-bond acceptors (Lipinski definition) is 5. The fourth-order valence-electron chi connectivity index (χ4n) is 2.97. The average Bonchev–Trinajstić information content (AvgIpc) is 2.99. The predicted octanol–water partition coefficient (Wildman–Crippen LogP) is 1.80. The molecule has 0 saturated carbocycles. The Bertz CT molecular complexity index is 1070. The third-order valence-electron chi connectivity index (χ3n) is 4.30. The third-order valence-corrected chi connectivity index (χ3v) is 4.30. The summed E-state index contributed by atoms with van der Waals surface area (Å²) in [5.74, 6) is -0.752. The van der Waals surface area contributed by atoms with Crippen molar-refractivity contribution in [2.75, 3.05) is 26.0 Å². The molecule has 0 aliphatic rings. The third kappa shape index (κ3) is 5.55. The van der Waals surface area contributed by atoms with E-state index in [0.717, 1.165) is 5.56 Å². The summed E-state index contributed by atoms with van der Waals surface area (Å²) >= 11 is 0. The number of oxazole rings is 1. The molecule has 1 heterocycles. The van der Waals surface area contributed by atoms with E-state index >= 15 is 0 Å². The number of nitrogens with one attached hydrogen (secondary N) is 2. The molecule has 0 bridgehead atoms. The number of hydrogen-bond donors (Lipinski definition) is 2. The zero-order valence-corrected chi connectivity index (χ0v) is 16.5. The summed E-state index contributed by atoms with van der Waals surface area (Å²) in [5.41, 5.74) is 2.73. The summed E-state index contributed by atoms with van der Waals surface area (Å²) in [6.45, 7) is 0.864. The van der Waals surface area contributed by atoms with E-state index in [1.54, 1.807) is 29.2 Å². The van der Waals surface area contributed by atoms with Crippen LogP contribution in [0.4, 0.5) is 5.69 Å². The average molecular weight is 396 g/mol. The molecule has 0 aliphatic heterocycles. The number of aryl methyl sites for hydroxylation is 1. The second-order valence-corrected chi connectivity index (χ2v) is 7.00. The molecule has 152 valence electrons. The van der Waals surface area contributed by atoms with Gasteiger partial charge in [-0.15, -0.1) is 0 Å². The van der Waals surface area contributed by atoms with Crippen LogP contribution in [0.3, 0.4) is 0 Å². The van der Waals surface area contributed by atoms with Crippen LogP contribution in [-0.4, -0.2) is 41.9 Å². The lowest BCUT2D eigenvalue weighted by molar-refractivity contribution is -0.121. The summed E-state index contributed by atoms with van der Waals surface area (Å²) in [6, 6.07) is 14.4. The van der Waals surface area contributed by atoms with E-state index in [4.69, 9.17) is 4.42 Å². The van der Waals surface area contributed by atoms with Crippen molar-refractivity contribution in [1.29, 1.82) is 0 Å². The second-order valence-electron chi connectivity index (χ2n) is 7.00. The number of para-hydroxylation sites is 2. The number of rotatable bonds is 8. The van der Waals surface area contributed by atoms with Gasteiger partial charge in [0.25, 0.3) is 0 Å². The van der Waals surface area contributed by atoms with Gasteiger partial charge in [-0.2, -0.15) is 0 Å². The number of fused-ring (bicyclic) bond motifs is 1. The minimum absolute atomic E-state index is 0.103. The van der Waals surface area contributed by atoms with E-state index in [0.29, 0.717) is 29.9 Å². The Balaban J connectivity index is 1.53. The Morgan fingerprint density at radius 2 is 1.86 bits per heavy atom. The Kier molecular flexibility index (Phi) is 6.46. The smallest absolute Gasteiger partial charge is 0.408 e. The Labute approximate surface area is 168 Å². The van der Waals surface area contributed by atoms with E-state index in [-0.39, 0.29) is 24.8 Å². The normalized spacial score (nSPS) is 11.0. The minimum atomic E-state index is -0.472. The van der Waals surface area contributed by atoms with Crippen molar-refractivity contribution in [2.45, 2.75) is 19.5 Å². The fourth-order valence-corrected chi connectivity index (χ4v) is 2.97. The molecule has 2 amide bonds. The molecule has 29 heavy (non-hydrogen) atoms. The highest BCUT2D eigenvalue weighted by Crippen LogP contribution is 2.13. The van der Waals surface area contributed by atoms with Gasteiger partial charge < -0.3 is 20.0 Å². The largest absolute Gasteiger partial charge is 0.419 e. The second kappa shape index (κ2) is 9.20. The van der Waals surface area contributed by atoms with Crippen molar-refractivity contribution in [3.05, 3.63) is 64.6 Å². The molecule has 8 nitrogen and oxygen atoms in total. The van der Waals surface area contributed by atoms with Crippen LogP contribution >= 0.6 is 0 Å². The number of benzene rings is 2. The lowest BCUT2D eigenvalue weighted by atomic mass is 10.2. The Morgan fingerprint density at radius 3 is 2.66 bits per heavy atom. The summed E-state index contributed by atoms with van der Waals surface area (Å²) in [6.07, 6.45) is 0.155. The van der Waals surface area contributed by atoms with Gasteiger partial charge in [-0.3, -0.25) is 14.2 Å². The summed E-state index contributed by atoms with van der Waals surface area (Å²) in [7, 11) is 3.65. The topological polar surface area (TPSA) is 96.6 Å². The molecule has 0 saturated heterocycles. The standard InChI is InChI=1S/C21H24N4O4/c1-24(2)14-20(27)23-16-7-5-6-15(12-16)13-22-19(26)10-11-25-17-8-3-4-9-18(17)29-21(25)28/h3-9,12H,10-11,13-14H2,1-2H3,(H,22,26)(H,23,27). The number of carbonyl (C=O) groups excluding carboxylic acids is 2. The molecule has 8 heteroatoms. The first kappa shape index (κ1) is 20.3. The maximum absolute atomic E-state index is 12.2. The first-order valence-electron chi connectivity index (χ1n) is 9.31. The predicted molar refractivity (Wildman–Crippen MR) is 111 cm³/mol. The van der Waals surface area contributed by atoms with Gasteiger partial charge in [0.2, 0.25) is 11.8 Å². The fraction of sp³-hybridized carbons (Fsp3) is 0.286. The summed E-state index contributed by atoms with van der Waals surface area (Å²) in [5, 5.41) is 5.66. The molecule has 2 aromatic carbocycles. The summed E-state index contributed by atoms with van der Waals surface area (Å²) < 4.78 is 6.62. The zero-order chi connectivity index (χ0) is 20.8. The number of nitrogens with zero attached hydrogens (tertiary/aromatic N) is 2. The van der Waals surface area contributed by atoms with Crippen LogP contribution < -0.4 is 16.4 Å². The quantitative estimate of drug-likeness (QED) is 0.605. The van der Waals surface area contributed by atoms with E-state index in [2.05, 4.69) is 10.6 Å². The van der Waals surface area contributed by atoms with Crippen LogP contribution in [0.2, 0.25) is 0 Å². The molecule has 0 atom stereocenters. The highest BCUT2D eigenvalue weighted by atomic mass is 16.4. The molecule has 3 rings (SSSR count). The van der Waals surface area contributed by atoms with Crippen LogP contribution in [0.5, 0.6) is 0 Å². The van der Waals surface area contributed by atoms with Crippen LogP contribution in [0, 0.1) is 0 Å². The maximum atomic E-state index is 12.2. The van der Waals surface area contributed by atoms with E-state index in [9.17, 15) is 14.4 Å². The monoisotopic (exact) mass is 396 g/mol. The van der Waals surface area contributed by atoms with Gasteiger partial charge in [0.1, 0.15) is 0 Å². The van der Waals surface area contributed by atoms with Crippen LogP contribution in [0.15, 0.2) is 57.7 Å². The van der Waals surface area contributed by atoms with E-state index < -0.39 is 5.76 Å². The maximum Gasteiger partial charge on any atom is 0.419 e. The summed E-state index contributed by atoms with van der Waals surface area (Å²) in [4.78, 5) is 37.8. The molecule has 0 fully saturated rings. The zero-order valence-electron chi connectivity index (χ0n) is 16.5. The number of amides is 2.